The maximum absolute atomic E-state index is 12.5. The number of fused-ring (bicyclic) bond motifs is 4. The van der Waals surface area contributed by atoms with E-state index in [2.05, 4.69) is 29.6 Å². The molecule has 0 aliphatic heterocycles. The fourth-order valence-electron chi connectivity index (χ4n) is 4.54. The minimum Gasteiger partial charge on any atom is -0.491 e. The van der Waals surface area contributed by atoms with Crippen molar-refractivity contribution < 1.29 is 23.8 Å². The summed E-state index contributed by atoms with van der Waals surface area (Å²) in [6, 6.07) is 22.2. The van der Waals surface area contributed by atoms with E-state index in [4.69, 9.17) is 13.9 Å². The average Bonchev–Trinajstić information content (AvgIpc) is 3.18. The third-order valence-corrected chi connectivity index (χ3v) is 6.26. The van der Waals surface area contributed by atoms with Gasteiger partial charge in [0, 0.05) is 23.4 Å². The van der Waals surface area contributed by atoms with Crippen LogP contribution in [-0.2, 0) is 4.74 Å². The van der Waals surface area contributed by atoms with E-state index >= 15 is 0 Å². The van der Waals surface area contributed by atoms with Crippen molar-refractivity contribution in [2.24, 2.45) is 0 Å². The first-order chi connectivity index (χ1) is 17.0. The van der Waals surface area contributed by atoms with E-state index in [1.807, 2.05) is 31.2 Å². The lowest BCUT2D eigenvalue weighted by molar-refractivity contribution is 0.122. The summed E-state index contributed by atoms with van der Waals surface area (Å²) >= 11 is 0. The zero-order chi connectivity index (χ0) is 24.4. The number of rotatable bonds is 7. The van der Waals surface area contributed by atoms with Gasteiger partial charge in [-0.05, 0) is 46.9 Å². The summed E-state index contributed by atoms with van der Waals surface area (Å²) in [6.45, 7) is 1.70. The number of aliphatic hydroxyl groups excluding tert-OH is 1. The normalized spacial score (nSPS) is 13.2. The van der Waals surface area contributed by atoms with Crippen molar-refractivity contribution in [3.63, 3.8) is 0 Å². The number of hydrogen-bond acceptors (Lipinski definition) is 6. The summed E-state index contributed by atoms with van der Waals surface area (Å²) in [4.78, 5) is 24.1. The van der Waals surface area contributed by atoms with Gasteiger partial charge >= 0.3 is 11.7 Å². The number of amides is 1. The Morgan fingerprint density at radius 3 is 2.40 bits per heavy atom. The summed E-state index contributed by atoms with van der Waals surface area (Å²) in [6.07, 6.45) is -0.630. The van der Waals surface area contributed by atoms with Crippen LogP contribution in [0.1, 0.15) is 22.6 Å². The van der Waals surface area contributed by atoms with Crippen molar-refractivity contribution in [1.82, 2.24) is 5.32 Å². The van der Waals surface area contributed by atoms with Crippen LogP contribution >= 0.6 is 0 Å². The second-order valence-corrected chi connectivity index (χ2v) is 8.57. The molecule has 0 saturated carbocycles. The van der Waals surface area contributed by atoms with E-state index in [1.54, 1.807) is 18.2 Å². The van der Waals surface area contributed by atoms with E-state index in [0.29, 0.717) is 11.3 Å². The molecule has 4 aromatic rings. The second-order valence-electron chi connectivity index (χ2n) is 8.57. The number of nitrogens with one attached hydrogen (secondary N) is 1. The molecule has 1 atom stereocenters. The molecule has 0 fully saturated rings. The van der Waals surface area contributed by atoms with Gasteiger partial charge in [-0.3, -0.25) is 0 Å². The van der Waals surface area contributed by atoms with Crippen molar-refractivity contribution in [3.8, 4) is 16.9 Å². The lowest BCUT2D eigenvalue weighted by atomic mass is 9.98. The highest BCUT2D eigenvalue weighted by Gasteiger charge is 2.29. The van der Waals surface area contributed by atoms with Crippen LogP contribution in [0.2, 0.25) is 0 Å². The molecule has 178 valence electrons. The van der Waals surface area contributed by atoms with E-state index in [0.717, 1.165) is 33.2 Å². The van der Waals surface area contributed by atoms with Crippen molar-refractivity contribution in [2.45, 2.75) is 18.9 Å². The third kappa shape index (κ3) is 4.63. The quantitative estimate of drug-likeness (QED) is 0.388. The number of aliphatic hydroxyl groups is 1. The molecule has 1 aromatic heterocycles. The Morgan fingerprint density at radius 2 is 1.71 bits per heavy atom. The molecule has 7 heteroatoms. The topological polar surface area (TPSA) is 98.0 Å². The lowest BCUT2D eigenvalue weighted by Crippen LogP contribution is -2.42. The van der Waals surface area contributed by atoms with Gasteiger partial charge in [0.25, 0.3) is 0 Å². The Balaban J connectivity index is 1.20. The molecule has 35 heavy (non-hydrogen) atoms. The molecule has 0 radical (unpaired) electrons. The summed E-state index contributed by atoms with van der Waals surface area (Å²) in [5.41, 5.74) is 5.35. The van der Waals surface area contributed by atoms with Crippen LogP contribution in [0.3, 0.4) is 0 Å². The van der Waals surface area contributed by atoms with E-state index in [1.165, 1.54) is 6.07 Å². The SMILES string of the molecule is Cc1cc(=O)oc2cc(OC[C@@H](CO)NC(=O)OCC3c4ccccc4-c4ccccc43)ccc12. The van der Waals surface area contributed by atoms with Crippen molar-refractivity contribution >= 4 is 17.1 Å². The molecule has 0 spiro atoms. The highest BCUT2D eigenvalue weighted by molar-refractivity contribution is 5.81. The number of ether oxygens (including phenoxy) is 2. The maximum atomic E-state index is 12.5. The van der Waals surface area contributed by atoms with Crippen molar-refractivity contribution in [1.29, 1.82) is 0 Å². The Labute approximate surface area is 201 Å². The number of benzene rings is 3. The molecule has 1 heterocycles. The van der Waals surface area contributed by atoms with Crippen LogP contribution in [0.4, 0.5) is 4.79 Å². The van der Waals surface area contributed by atoms with Crippen LogP contribution in [0, 0.1) is 6.92 Å². The zero-order valence-corrected chi connectivity index (χ0v) is 19.2. The molecular formula is C28H25NO6. The first-order valence-electron chi connectivity index (χ1n) is 11.4. The Bertz CT molecular complexity index is 1400. The molecule has 0 bridgehead atoms. The molecule has 0 saturated heterocycles. The number of aryl methyl sites for hydroxylation is 1. The minimum absolute atomic E-state index is 0.0161. The monoisotopic (exact) mass is 471 g/mol. The second kappa shape index (κ2) is 9.64. The number of carbonyl (C=O) groups is 1. The van der Waals surface area contributed by atoms with Gasteiger partial charge in [0.1, 0.15) is 24.5 Å². The highest BCUT2D eigenvalue weighted by Crippen LogP contribution is 2.44. The number of alkyl carbamates (subject to hydrolysis) is 1. The van der Waals surface area contributed by atoms with Gasteiger partial charge in [-0.25, -0.2) is 9.59 Å². The molecule has 7 nitrogen and oxygen atoms in total. The summed E-state index contributed by atoms with van der Waals surface area (Å²) in [5.74, 6) is 0.409. The minimum atomic E-state index is -0.675. The van der Waals surface area contributed by atoms with Gasteiger partial charge in [0.05, 0.1) is 12.6 Å². The van der Waals surface area contributed by atoms with Crippen molar-refractivity contribution in [2.75, 3.05) is 19.8 Å². The van der Waals surface area contributed by atoms with Gasteiger partial charge in [-0.15, -0.1) is 0 Å². The van der Waals surface area contributed by atoms with Gasteiger partial charge in [-0.1, -0.05) is 48.5 Å². The van der Waals surface area contributed by atoms with Crippen LogP contribution in [0.15, 0.2) is 82.0 Å². The third-order valence-electron chi connectivity index (χ3n) is 6.26. The summed E-state index contributed by atoms with van der Waals surface area (Å²) in [5, 5.41) is 13.2. The highest BCUT2D eigenvalue weighted by atomic mass is 16.5. The van der Waals surface area contributed by atoms with Crippen LogP contribution in [-0.4, -0.2) is 37.1 Å². The Morgan fingerprint density at radius 1 is 1.03 bits per heavy atom. The summed E-state index contributed by atoms with van der Waals surface area (Å²) in [7, 11) is 0. The molecule has 3 aromatic carbocycles. The molecule has 1 aliphatic rings. The van der Waals surface area contributed by atoms with Crippen molar-refractivity contribution in [3.05, 3.63) is 99.9 Å². The lowest BCUT2D eigenvalue weighted by Gasteiger charge is -2.19. The fourth-order valence-corrected chi connectivity index (χ4v) is 4.54. The number of carbonyl (C=O) groups excluding carboxylic acids is 1. The molecule has 1 aliphatic carbocycles. The standard InChI is InChI=1S/C28H25NO6/c1-17-12-27(31)35-26-13-19(10-11-20(17)26)33-15-18(14-30)29-28(32)34-16-25-23-8-4-2-6-21(23)22-7-3-5-9-24(22)25/h2-13,18,25,30H,14-16H2,1H3,(H,29,32)/t18-/m1/s1. The van der Waals surface area contributed by atoms with Gasteiger partial charge in [0.15, 0.2) is 0 Å². The smallest absolute Gasteiger partial charge is 0.407 e. The summed E-state index contributed by atoms with van der Waals surface area (Å²) < 4.78 is 16.5. The van der Waals surface area contributed by atoms with Gasteiger partial charge in [0.2, 0.25) is 0 Å². The number of hydrogen-bond donors (Lipinski definition) is 2. The van der Waals surface area contributed by atoms with E-state index < -0.39 is 17.8 Å². The average molecular weight is 472 g/mol. The molecular weight excluding hydrogens is 446 g/mol. The zero-order valence-electron chi connectivity index (χ0n) is 19.2. The fraction of sp³-hybridized carbons (Fsp3) is 0.214. The van der Waals surface area contributed by atoms with Gasteiger partial charge in [-0.2, -0.15) is 0 Å². The van der Waals surface area contributed by atoms with Crippen LogP contribution in [0.25, 0.3) is 22.1 Å². The van der Waals surface area contributed by atoms with Gasteiger partial charge < -0.3 is 24.3 Å². The Hall–Kier alpha value is -4.10. The maximum Gasteiger partial charge on any atom is 0.407 e. The van der Waals surface area contributed by atoms with Crippen LogP contribution in [0.5, 0.6) is 5.75 Å². The molecule has 5 rings (SSSR count). The first kappa shape index (κ1) is 22.7. The Kier molecular flexibility index (Phi) is 6.25. The predicted molar refractivity (Wildman–Crippen MR) is 132 cm³/mol. The first-order valence-corrected chi connectivity index (χ1v) is 11.4. The van der Waals surface area contributed by atoms with E-state index in [9.17, 15) is 14.7 Å². The predicted octanol–water partition coefficient (Wildman–Crippen LogP) is 4.38. The molecule has 0 unspecified atom stereocenters. The van der Waals surface area contributed by atoms with Crippen LogP contribution < -0.4 is 15.7 Å². The molecule has 1 amide bonds. The largest absolute Gasteiger partial charge is 0.491 e. The van der Waals surface area contributed by atoms with E-state index in [-0.39, 0.29) is 25.7 Å². The molecule has 2 N–H and O–H groups in total.